The molecule has 1 spiro atoms. The van der Waals surface area contributed by atoms with Gasteiger partial charge in [-0.3, -0.25) is 9.59 Å². The van der Waals surface area contributed by atoms with E-state index in [2.05, 4.69) is 4.98 Å². The van der Waals surface area contributed by atoms with Crippen molar-refractivity contribution in [1.29, 1.82) is 0 Å². The summed E-state index contributed by atoms with van der Waals surface area (Å²) in [6.45, 7) is 6.28. The van der Waals surface area contributed by atoms with Gasteiger partial charge in [-0.25, -0.2) is 4.98 Å². The van der Waals surface area contributed by atoms with E-state index < -0.39 is 0 Å². The number of nitrogens with zero attached hydrogens (tertiary/aromatic N) is 3. The second-order valence-electron chi connectivity index (χ2n) is 8.09. The van der Waals surface area contributed by atoms with E-state index >= 15 is 0 Å². The van der Waals surface area contributed by atoms with E-state index in [9.17, 15) is 9.59 Å². The normalized spacial score (nSPS) is 24.5. The molecule has 0 radical (unpaired) electrons. The van der Waals surface area contributed by atoms with Crippen molar-refractivity contribution in [2.24, 2.45) is 11.3 Å². The average molecular weight is 378 g/mol. The van der Waals surface area contributed by atoms with Crippen LogP contribution in [0.1, 0.15) is 55.6 Å². The van der Waals surface area contributed by atoms with Crippen LogP contribution in [0.3, 0.4) is 0 Å². The van der Waals surface area contributed by atoms with Crippen molar-refractivity contribution in [3.8, 4) is 5.19 Å². The van der Waals surface area contributed by atoms with Crippen molar-refractivity contribution in [3.05, 3.63) is 11.1 Å². The molecule has 1 aromatic rings. The Morgan fingerprint density at radius 3 is 2.77 bits per heavy atom. The highest BCUT2D eigenvalue weighted by Gasteiger charge is 2.53. The number of piperazine rings is 1. The monoisotopic (exact) mass is 377 g/mol. The fourth-order valence-corrected chi connectivity index (χ4v) is 5.27. The highest BCUT2D eigenvalue weighted by Crippen LogP contribution is 2.64. The molecule has 26 heavy (non-hydrogen) atoms. The Morgan fingerprint density at radius 2 is 2.12 bits per heavy atom. The van der Waals surface area contributed by atoms with Crippen LogP contribution in [0.2, 0.25) is 0 Å². The van der Waals surface area contributed by atoms with Gasteiger partial charge in [-0.2, -0.15) is 0 Å². The molecule has 3 fully saturated rings. The van der Waals surface area contributed by atoms with Gasteiger partial charge in [0.25, 0.3) is 11.1 Å². The van der Waals surface area contributed by atoms with Gasteiger partial charge in [0.1, 0.15) is 4.88 Å². The number of carbonyl (C=O) groups excluding carboxylic acids is 2. The van der Waals surface area contributed by atoms with Crippen LogP contribution in [0.15, 0.2) is 6.20 Å². The zero-order chi connectivity index (χ0) is 18.3. The standard InChI is InChI=1S/C19H27N3O3S/c1-3-25-18-20-11-15(26-18)17(24)21-6-7-22(13(2)12-21)16(23)8-14-9-19(10-14)4-5-19/h11,13-14H,3-10,12H2,1-2H3. The summed E-state index contributed by atoms with van der Waals surface area (Å²) in [5, 5.41) is 0.534. The maximum Gasteiger partial charge on any atom is 0.273 e. The van der Waals surface area contributed by atoms with Crippen LogP contribution >= 0.6 is 11.3 Å². The molecule has 2 amide bonds. The lowest BCUT2D eigenvalue weighted by molar-refractivity contribution is -0.137. The Balaban J connectivity index is 1.29. The van der Waals surface area contributed by atoms with E-state index in [-0.39, 0.29) is 17.9 Å². The predicted octanol–water partition coefficient (Wildman–Crippen LogP) is 2.80. The number of thiazole rings is 1. The Hall–Kier alpha value is -1.63. The topological polar surface area (TPSA) is 62.7 Å². The molecule has 4 rings (SSSR count). The number of rotatable bonds is 5. The van der Waals surface area contributed by atoms with Crippen LogP contribution in [0.5, 0.6) is 5.19 Å². The molecule has 6 nitrogen and oxygen atoms in total. The summed E-state index contributed by atoms with van der Waals surface area (Å²) in [6, 6.07) is 0.0643. The number of carbonyl (C=O) groups is 2. The predicted molar refractivity (Wildman–Crippen MR) is 99.4 cm³/mol. The van der Waals surface area contributed by atoms with E-state index in [4.69, 9.17) is 4.74 Å². The third-order valence-corrected chi connectivity index (χ3v) is 6.96. The lowest BCUT2D eigenvalue weighted by atomic mass is 9.70. The van der Waals surface area contributed by atoms with E-state index in [0.717, 1.165) is 0 Å². The molecule has 2 saturated carbocycles. The Bertz CT molecular complexity index is 692. The first-order chi connectivity index (χ1) is 12.5. The molecule has 1 aromatic heterocycles. The first kappa shape index (κ1) is 17.8. The molecule has 1 unspecified atom stereocenters. The van der Waals surface area contributed by atoms with Gasteiger partial charge >= 0.3 is 0 Å². The molecule has 1 atom stereocenters. The summed E-state index contributed by atoms with van der Waals surface area (Å²) < 4.78 is 5.35. The molecular weight excluding hydrogens is 350 g/mol. The largest absolute Gasteiger partial charge is 0.470 e. The SMILES string of the molecule is CCOc1ncc(C(=O)N2CCN(C(=O)CC3CC4(CC4)C3)C(C)C2)s1. The number of ether oxygens (including phenoxy) is 1. The number of aromatic nitrogens is 1. The van der Waals surface area contributed by atoms with Gasteiger partial charge < -0.3 is 14.5 Å². The maximum atomic E-state index is 12.7. The minimum absolute atomic E-state index is 0.0120. The minimum atomic E-state index is -0.0120. The van der Waals surface area contributed by atoms with Crippen molar-refractivity contribution < 1.29 is 14.3 Å². The first-order valence-electron chi connectivity index (χ1n) is 9.67. The van der Waals surface area contributed by atoms with Crippen LogP contribution in [-0.2, 0) is 4.79 Å². The molecule has 2 aliphatic carbocycles. The summed E-state index contributed by atoms with van der Waals surface area (Å²) in [6.07, 6.45) is 7.52. The number of hydrogen-bond acceptors (Lipinski definition) is 5. The fourth-order valence-electron chi connectivity index (χ4n) is 4.47. The van der Waals surface area contributed by atoms with Gasteiger partial charge in [0.15, 0.2) is 0 Å². The third kappa shape index (κ3) is 3.46. The van der Waals surface area contributed by atoms with Crippen LogP contribution in [0.25, 0.3) is 0 Å². The van der Waals surface area contributed by atoms with Crippen LogP contribution in [0, 0.1) is 11.3 Å². The first-order valence-corrected chi connectivity index (χ1v) is 10.5. The zero-order valence-electron chi connectivity index (χ0n) is 15.6. The van der Waals surface area contributed by atoms with Crippen LogP contribution in [-0.4, -0.2) is 58.9 Å². The molecule has 7 heteroatoms. The molecule has 1 aliphatic heterocycles. The fraction of sp³-hybridized carbons (Fsp3) is 0.737. The Kier molecular flexibility index (Phi) is 4.67. The van der Waals surface area contributed by atoms with E-state index in [1.54, 1.807) is 6.20 Å². The summed E-state index contributed by atoms with van der Waals surface area (Å²) in [7, 11) is 0. The van der Waals surface area contributed by atoms with Crippen molar-refractivity contribution >= 4 is 23.2 Å². The molecular formula is C19H27N3O3S. The highest BCUT2D eigenvalue weighted by atomic mass is 32.1. The van der Waals surface area contributed by atoms with Crippen LogP contribution < -0.4 is 4.74 Å². The zero-order valence-corrected chi connectivity index (χ0v) is 16.4. The third-order valence-electron chi connectivity index (χ3n) is 6.06. The van der Waals surface area contributed by atoms with Crippen molar-refractivity contribution in [1.82, 2.24) is 14.8 Å². The average Bonchev–Trinajstić information content (AvgIpc) is 3.24. The molecule has 1 saturated heterocycles. The lowest BCUT2D eigenvalue weighted by Gasteiger charge is -2.42. The smallest absolute Gasteiger partial charge is 0.273 e. The van der Waals surface area contributed by atoms with Gasteiger partial charge in [-0.15, -0.1) is 0 Å². The second-order valence-corrected chi connectivity index (χ2v) is 9.08. The lowest BCUT2D eigenvalue weighted by Crippen LogP contribution is -2.55. The summed E-state index contributed by atoms with van der Waals surface area (Å²) in [5.74, 6) is 0.842. The van der Waals surface area contributed by atoms with Gasteiger partial charge in [0, 0.05) is 32.1 Å². The minimum Gasteiger partial charge on any atom is -0.470 e. The molecule has 142 valence electrons. The highest BCUT2D eigenvalue weighted by molar-refractivity contribution is 7.15. The molecule has 3 aliphatic rings. The van der Waals surface area contributed by atoms with Crippen molar-refractivity contribution in [2.45, 2.75) is 52.0 Å². The van der Waals surface area contributed by atoms with E-state index in [0.29, 0.717) is 54.1 Å². The van der Waals surface area contributed by atoms with Crippen LogP contribution in [0.4, 0.5) is 0 Å². The molecule has 0 bridgehead atoms. The summed E-state index contributed by atoms with van der Waals surface area (Å²) >= 11 is 1.29. The molecule has 0 aromatic carbocycles. The van der Waals surface area contributed by atoms with Crippen molar-refractivity contribution in [3.63, 3.8) is 0 Å². The number of amides is 2. The van der Waals surface area contributed by atoms with E-state index in [1.807, 2.05) is 23.6 Å². The summed E-state index contributed by atoms with van der Waals surface area (Å²) in [5.41, 5.74) is 0.650. The maximum absolute atomic E-state index is 12.7. The molecule has 2 heterocycles. The number of hydrogen-bond donors (Lipinski definition) is 0. The van der Waals surface area contributed by atoms with Gasteiger partial charge in [0.2, 0.25) is 5.91 Å². The Labute approximate surface area is 158 Å². The molecule has 0 N–H and O–H groups in total. The van der Waals surface area contributed by atoms with Gasteiger partial charge in [-0.05, 0) is 50.9 Å². The van der Waals surface area contributed by atoms with Gasteiger partial charge in [0.05, 0.1) is 12.8 Å². The second kappa shape index (κ2) is 6.83. The van der Waals surface area contributed by atoms with Crippen molar-refractivity contribution in [2.75, 3.05) is 26.2 Å². The Morgan fingerprint density at radius 1 is 1.35 bits per heavy atom. The van der Waals surface area contributed by atoms with Gasteiger partial charge in [-0.1, -0.05) is 11.3 Å². The summed E-state index contributed by atoms with van der Waals surface area (Å²) in [4.78, 5) is 33.9. The quantitative estimate of drug-likeness (QED) is 0.792. The van der Waals surface area contributed by atoms with E-state index in [1.165, 1.54) is 37.0 Å².